The summed E-state index contributed by atoms with van der Waals surface area (Å²) in [7, 11) is -3.51. The van der Waals surface area contributed by atoms with E-state index in [1.807, 2.05) is 37.3 Å². The molecule has 7 heteroatoms. The van der Waals surface area contributed by atoms with Crippen molar-refractivity contribution in [1.82, 2.24) is 4.31 Å². The largest absolute Gasteiger partial charge is 0.467 e. The molecule has 4 rings (SSSR count). The lowest BCUT2D eigenvalue weighted by Gasteiger charge is -2.22. The quantitative estimate of drug-likeness (QED) is 0.594. The lowest BCUT2D eigenvalue weighted by molar-refractivity contribution is 0.0983. The maximum absolute atomic E-state index is 13.3. The molecule has 0 atom stereocenters. The Morgan fingerprint density at radius 3 is 2.27 bits per heavy atom. The number of benzene rings is 2. The molecule has 3 aromatic rings. The summed E-state index contributed by atoms with van der Waals surface area (Å²) in [5, 5.41) is 0. The monoisotopic (exact) mass is 424 g/mol. The van der Waals surface area contributed by atoms with Crippen LogP contribution in [0.3, 0.4) is 0 Å². The molecule has 1 saturated heterocycles. The van der Waals surface area contributed by atoms with Gasteiger partial charge in [-0.1, -0.05) is 17.7 Å². The Bertz CT molecular complexity index is 1100. The molecule has 0 saturated carbocycles. The van der Waals surface area contributed by atoms with Crippen molar-refractivity contribution in [2.24, 2.45) is 0 Å². The van der Waals surface area contributed by atoms with Gasteiger partial charge >= 0.3 is 0 Å². The average Bonchev–Trinajstić information content (AvgIpc) is 3.47. The predicted molar refractivity (Wildman–Crippen MR) is 115 cm³/mol. The molecule has 1 amide bonds. The molecular formula is C23H24N2O4S. The van der Waals surface area contributed by atoms with Crippen molar-refractivity contribution in [1.29, 1.82) is 0 Å². The maximum Gasteiger partial charge on any atom is 0.258 e. The molecule has 30 heavy (non-hydrogen) atoms. The van der Waals surface area contributed by atoms with Gasteiger partial charge in [0.2, 0.25) is 10.0 Å². The summed E-state index contributed by atoms with van der Waals surface area (Å²) in [4.78, 5) is 15.1. The van der Waals surface area contributed by atoms with Crippen molar-refractivity contribution < 1.29 is 17.6 Å². The second-order valence-corrected chi connectivity index (χ2v) is 9.38. The molecule has 0 bridgehead atoms. The first-order chi connectivity index (χ1) is 14.4. The van der Waals surface area contributed by atoms with E-state index < -0.39 is 10.0 Å². The van der Waals surface area contributed by atoms with E-state index in [1.54, 1.807) is 29.4 Å². The average molecular weight is 425 g/mol. The van der Waals surface area contributed by atoms with Crippen molar-refractivity contribution in [2.75, 3.05) is 18.0 Å². The van der Waals surface area contributed by atoms with E-state index in [2.05, 4.69) is 0 Å². The number of carbonyl (C=O) groups excluding carboxylic acids is 1. The zero-order valence-electron chi connectivity index (χ0n) is 16.8. The van der Waals surface area contributed by atoms with Crippen LogP contribution < -0.4 is 4.90 Å². The topological polar surface area (TPSA) is 70.8 Å². The van der Waals surface area contributed by atoms with Crippen molar-refractivity contribution in [3.05, 3.63) is 83.8 Å². The van der Waals surface area contributed by atoms with E-state index in [0.29, 0.717) is 24.4 Å². The number of hydrogen-bond acceptors (Lipinski definition) is 4. The van der Waals surface area contributed by atoms with E-state index in [4.69, 9.17) is 4.42 Å². The fourth-order valence-electron chi connectivity index (χ4n) is 3.57. The van der Waals surface area contributed by atoms with Gasteiger partial charge in [-0.15, -0.1) is 0 Å². The second kappa shape index (κ2) is 8.45. The molecule has 0 spiro atoms. The van der Waals surface area contributed by atoms with Gasteiger partial charge < -0.3 is 9.32 Å². The number of carbonyl (C=O) groups is 1. The van der Waals surface area contributed by atoms with Crippen LogP contribution in [-0.4, -0.2) is 31.7 Å². The highest BCUT2D eigenvalue weighted by molar-refractivity contribution is 7.89. The summed E-state index contributed by atoms with van der Waals surface area (Å²) in [5.74, 6) is 0.442. The molecule has 0 radical (unpaired) electrons. The van der Waals surface area contributed by atoms with Crippen LogP contribution in [0.15, 0.2) is 76.2 Å². The minimum absolute atomic E-state index is 0.217. The van der Waals surface area contributed by atoms with E-state index in [9.17, 15) is 13.2 Å². The first kappa shape index (κ1) is 20.4. The lowest BCUT2D eigenvalue weighted by Crippen LogP contribution is -2.30. The van der Waals surface area contributed by atoms with Crippen LogP contribution in [0.5, 0.6) is 0 Å². The van der Waals surface area contributed by atoms with Gasteiger partial charge in [0.1, 0.15) is 5.76 Å². The van der Waals surface area contributed by atoms with E-state index >= 15 is 0 Å². The highest BCUT2D eigenvalue weighted by atomic mass is 32.2. The van der Waals surface area contributed by atoms with Crippen LogP contribution >= 0.6 is 0 Å². The molecule has 1 fully saturated rings. The Morgan fingerprint density at radius 1 is 1.00 bits per heavy atom. The Morgan fingerprint density at radius 2 is 1.67 bits per heavy atom. The molecule has 1 aliphatic heterocycles. The minimum Gasteiger partial charge on any atom is -0.467 e. The summed E-state index contributed by atoms with van der Waals surface area (Å²) in [5.41, 5.74) is 2.26. The van der Waals surface area contributed by atoms with Crippen LogP contribution in [0.25, 0.3) is 0 Å². The summed E-state index contributed by atoms with van der Waals surface area (Å²) >= 11 is 0. The fraction of sp³-hybridized carbons (Fsp3) is 0.261. The molecule has 0 N–H and O–H groups in total. The van der Waals surface area contributed by atoms with Crippen LogP contribution in [0.4, 0.5) is 5.69 Å². The Balaban J connectivity index is 1.61. The number of amides is 1. The van der Waals surface area contributed by atoms with Crippen LogP contribution in [0, 0.1) is 6.92 Å². The van der Waals surface area contributed by atoms with Crippen LogP contribution in [0.2, 0.25) is 0 Å². The Kier molecular flexibility index (Phi) is 5.74. The summed E-state index contributed by atoms with van der Waals surface area (Å²) in [6.45, 7) is 3.37. The second-order valence-electron chi connectivity index (χ2n) is 7.44. The Hall–Kier alpha value is -2.90. The zero-order chi connectivity index (χ0) is 21.1. The molecule has 1 aliphatic rings. The number of hydrogen-bond donors (Lipinski definition) is 0. The third-order valence-corrected chi connectivity index (χ3v) is 7.20. The van der Waals surface area contributed by atoms with Gasteiger partial charge in [0.15, 0.2) is 0 Å². The molecule has 1 aromatic heterocycles. The first-order valence-corrected chi connectivity index (χ1v) is 11.4. The molecule has 0 aliphatic carbocycles. The number of nitrogens with zero attached hydrogens (tertiary/aromatic N) is 2. The molecule has 156 valence electrons. The summed E-state index contributed by atoms with van der Waals surface area (Å²) in [6.07, 6.45) is 3.34. The van der Waals surface area contributed by atoms with Gasteiger partial charge in [0, 0.05) is 24.3 Å². The normalized spacial score (nSPS) is 14.7. The summed E-state index contributed by atoms with van der Waals surface area (Å²) < 4.78 is 32.4. The standard InChI is InChI=1S/C23H24N2O4S/c1-18-6-10-20(11-7-18)25(17-21-5-4-16-29-21)23(26)19-8-12-22(13-9-19)30(27,28)24-14-2-3-15-24/h4-13,16H,2-3,14-15,17H2,1H3. The number of rotatable bonds is 6. The molecule has 2 aromatic carbocycles. The van der Waals surface area contributed by atoms with Gasteiger partial charge in [0.25, 0.3) is 5.91 Å². The van der Waals surface area contributed by atoms with Gasteiger partial charge in [-0.25, -0.2) is 8.42 Å². The summed E-state index contributed by atoms with van der Waals surface area (Å²) in [6, 6.07) is 17.5. The van der Waals surface area contributed by atoms with Crippen molar-refractivity contribution >= 4 is 21.6 Å². The smallest absolute Gasteiger partial charge is 0.258 e. The number of aryl methyl sites for hydroxylation is 1. The van der Waals surface area contributed by atoms with Gasteiger partial charge in [0.05, 0.1) is 17.7 Å². The van der Waals surface area contributed by atoms with Gasteiger partial charge in [-0.3, -0.25) is 4.79 Å². The van der Waals surface area contributed by atoms with Gasteiger partial charge in [-0.2, -0.15) is 4.31 Å². The zero-order valence-corrected chi connectivity index (χ0v) is 17.6. The van der Waals surface area contributed by atoms with Crippen LogP contribution in [-0.2, 0) is 16.6 Å². The van der Waals surface area contributed by atoms with Crippen molar-refractivity contribution in [3.8, 4) is 0 Å². The van der Waals surface area contributed by atoms with E-state index in [-0.39, 0.29) is 17.3 Å². The minimum atomic E-state index is -3.51. The van der Waals surface area contributed by atoms with Crippen molar-refractivity contribution in [3.63, 3.8) is 0 Å². The van der Waals surface area contributed by atoms with Crippen molar-refractivity contribution in [2.45, 2.75) is 31.2 Å². The third-order valence-electron chi connectivity index (χ3n) is 5.29. The highest BCUT2D eigenvalue weighted by Gasteiger charge is 2.27. The molecule has 2 heterocycles. The van der Waals surface area contributed by atoms with E-state index in [0.717, 1.165) is 24.1 Å². The van der Waals surface area contributed by atoms with Crippen LogP contribution in [0.1, 0.15) is 34.5 Å². The SMILES string of the molecule is Cc1ccc(N(Cc2ccco2)C(=O)c2ccc(S(=O)(=O)N3CCCC3)cc2)cc1. The maximum atomic E-state index is 13.3. The number of furan rings is 1. The number of anilines is 1. The lowest BCUT2D eigenvalue weighted by atomic mass is 10.1. The van der Waals surface area contributed by atoms with E-state index in [1.165, 1.54) is 16.4 Å². The highest BCUT2D eigenvalue weighted by Crippen LogP contribution is 2.24. The molecular weight excluding hydrogens is 400 g/mol. The first-order valence-electron chi connectivity index (χ1n) is 9.96. The Labute approximate surface area is 176 Å². The molecule has 0 unspecified atom stereocenters. The fourth-order valence-corrected chi connectivity index (χ4v) is 5.08. The molecule has 6 nitrogen and oxygen atoms in total. The van der Waals surface area contributed by atoms with Gasteiger partial charge in [-0.05, 0) is 68.3 Å². The number of sulfonamides is 1. The predicted octanol–water partition coefficient (Wildman–Crippen LogP) is 4.22. The third kappa shape index (κ3) is 4.17.